The number of hydrogen-bond acceptors (Lipinski definition) is 3. The van der Waals surface area contributed by atoms with E-state index in [1.165, 1.54) is 5.56 Å². The maximum atomic E-state index is 6.02. The fourth-order valence-corrected chi connectivity index (χ4v) is 1.51. The molecule has 0 aromatic heterocycles. The van der Waals surface area contributed by atoms with Gasteiger partial charge >= 0.3 is 0 Å². The molecule has 1 unspecified atom stereocenters. The molecule has 0 saturated heterocycles. The number of ether oxygens (including phenoxy) is 2. The molecule has 0 radical (unpaired) electrons. The van der Waals surface area contributed by atoms with Crippen LogP contribution in [0.4, 0.5) is 0 Å². The Labute approximate surface area is 97.6 Å². The first kappa shape index (κ1) is 13.2. The van der Waals surface area contributed by atoms with E-state index in [0.29, 0.717) is 13.2 Å². The van der Waals surface area contributed by atoms with Crippen LogP contribution in [0.2, 0.25) is 0 Å². The van der Waals surface area contributed by atoms with E-state index in [9.17, 15) is 0 Å². The van der Waals surface area contributed by atoms with Crippen LogP contribution >= 0.6 is 0 Å². The lowest BCUT2D eigenvalue weighted by molar-refractivity contribution is 0.0940. The predicted octanol–water partition coefficient (Wildman–Crippen LogP) is 2.05. The minimum atomic E-state index is -0.0394. The van der Waals surface area contributed by atoms with Gasteiger partial charge in [0.05, 0.1) is 12.6 Å². The highest BCUT2D eigenvalue weighted by molar-refractivity contribution is 5.24. The minimum Gasteiger partial charge on any atom is -0.385 e. The van der Waals surface area contributed by atoms with E-state index in [-0.39, 0.29) is 6.04 Å². The fraction of sp³-hybridized carbons (Fsp3) is 0.538. The van der Waals surface area contributed by atoms with Gasteiger partial charge in [0.2, 0.25) is 0 Å². The van der Waals surface area contributed by atoms with Crippen LogP contribution in [0.25, 0.3) is 0 Å². The molecule has 0 fully saturated rings. The molecule has 0 heterocycles. The minimum absolute atomic E-state index is 0.0394. The molecule has 0 spiro atoms. The first-order chi connectivity index (χ1) is 7.74. The predicted molar refractivity (Wildman–Crippen MR) is 65.4 cm³/mol. The Morgan fingerprint density at radius 3 is 2.81 bits per heavy atom. The zero-order valence-corrected chi connectivity index (χ0v) is 10.1. The molecule has 0 aliphatic carbocycles. The number of aryl methyl sites for hydroxylation is 1. The quantitative estimate of drug-likeness (QED) is 0.719. The lowest BCUT2D eigenvalue weighted by Gasteiger charge is -2.13. The van der Waals surface area contributed by atoms with Crippen LogP contribution in [0.1, 0.15) is 23.6 Å². The molecule has 2 N–H and O–H groups in total. The molecule has 3 nitrogen and oxygen atoms in total. The number of hydrogen-bond donors (Lipinski definition) is 1. The van der Waals surface area contributed by atoms with Crippen molar-refractivity contribution < 1.29 is 9.47 Å². The second kappa shape index (κ2) is 7.39. The van der Waals surface area contributed by atoms with Crippen LogP contribution in [0.3, 0.4) is 0 Å². The molecule has 3 heteroatoms. The maximum absolute atomic E-state index is 6.02. The zero-order valence-electron chi connectivity index (χ0n) is 10.1. The smallest absolute Gasteiger partial charge is 0.0659 e. The summed E-state index contributed by atoms with van der Waals surface area (Å²) in [5, 5.41) is 0. The van der Waals surface area contributed by atoms with Crippen molar-refractivity contribution in [3.05, 3.63) is 35.4 Å². The van der Waals surface area contributed by atoms with Gasteiger partial charge in [-0.25, -0.2) is 0 Å². The highest BCUT2D eigenvalue weighted by Gasteiger charge is 2.05. The largest absolute Gasteiger partial charge is 0.385 e. The molecule has 1 aromatic carbocycles. The van der Waals surface area contributed by atoms with Crippen LogP contribution in [0.15, 0.2) is 24.3 Å². The Hall–Kier alpha value is -0.900. The number of nitrogens with two attached hydrogens (primary N) is 1. The topological polar surface area (TPSA) is 44.5 Å². The third-order valence-corrected chi connectivity index (χ3v) is 2.40. The van der Waals surface area contributed by atoms with E-state index in [4.69, 9.17) is 15.2 Å². The van der Waals surface area contributed by atoms with E-state index < -0.39 is 0 Å². The highest BCUT2D eigenvalue weighted by Crippen LogP contribution is 2.12. The lowest BCUT2D eigenvalue weighted by Crippen LogP contribution is -2.17. The monoisotopic (exact) mass is 223 g/mol. The average Bonchev–Trinajstić information content (AvgIpc) is 2.28. The summed E-state index contributed by atoms with van der Waals surface area (Å²) in [7, 11) is 1.69. The van der Waals surface area contributed by atoms with Gasteiger partial charge in [-0.15, -0.1) is 0 Å². The summed E-state index contributed by atoms with van der Waals surface area (Å²) in [5.74, 6) is 0. The number of rotatable bonds is 7. The summed E-state index contributed by atoms with van der Waals surface area (Å²) < 4.78 is 10.4. The number of benzene rings is 1. The molecule has 1 aromatic rings. The second-order valence-corrected chi connectivity index (χ2v) is 3.94. The van der Waals surface area contributed by atoms with Crippen molar-refractivity contribution in [2.75, 3.05) is 26.9 Å². The molecule has 1 atom stereocenters. The van der Waals surface area contributed by atoms with E-state index in [1.807, 2.05) is 12.1 Å². The summed E-state index contributed by atoms with van der Waals surface area (Å²) in [6.45, 7) is 4.07. The first-order valence-corrected chi connectivity index (χ1v) is 5.63. The molecular formula is C13H21NO2. The maximum Gasteiger partial charge on any atom is 0.0659 e. The van der Waals surface area contributed by atoms with Gasteiger partial charge in [-0.1, -0.05) is 29.8 Å². The van der Waals surface area contributed by atoms with Crippen molar-refractivity contribution in [2.24, 2.45) is 5.73 Å². The summed E-state index contributed by atoms with van der Waals surface area (Å²) in [4.78, 5) is 0. The van der Waals surface area contributed by atoms with E-state index in [2.05, 4.69) is 19.1 Å². The Bertz CT molecular complexity index is 302. The molecule has 1 rings (SSSR count). The fourth-order valence-electron chi connectivity index (χ4n) is 1.51. The van der Waals surface area contributed by atoms with Gasteiger partial charge in [-0.05, 0) is 18.9 Å². The normalized spacial score (nSPS) is 12.7. The van der Waals surface area contributed by atoms with Crippen LogP contribution in [-0.4, -0.2) is 26.9 Å². The van der Waals surface area contributed by atoms with Gasteiger partial charge in [-0.3, -0.25) is 0 Å². The van der Waals surface area contributed by atoms with E-state index in [1.54, 1.807) is 7.11 Å². The third kappa shape index (κ3) is 4.75. The van der Waals surface area contributed by atoms with Crippen molar-refractivity contribution in [1.82, 2.24) is 0 Å². The van der Waals surface area contributed by atoms with Crippen molar-refractivity contribution >= 4 is 0 Å². The van der Waals surface area contributed by atoms with Crippen LogP contribution in [0, 0.1) is 6.92 Å². The molecule has 0 bridgehead atoms. The SMILES string of the molecule is COCCCOCC(N)c1cccc(C)c1. The molecule has 16 heavy (non-hydrogen) atoms. The summed E-state index contributed by atoms with van der Waals surface area (Å²) in [5.41, 5.74) is 8.38. The van der Waals surface area contributed by atoms with E-state index >= 15 is 0 Å². The van der Waals surface area contributed by atoms with Crippen LogP contribution < -0.4 is 5.73 Å². The number of methoxy groups -OCH3 is 1. The average molecular weight is 223 g/mol. The van der Waals surface area contributed by atoms with Crippen molar-refractivity contribution in [2.45, 2.75) is 19.4 Å². The first-order valence-electron chi connectivity index (χ1n) is 5.63. The van der Waals surface area contributed by atoms with Gasteiger partial charge in [0.15, 0.2) is 0 Å². The van der Waals surface area contributed by atoms with Gasteiger partial charge in [0.1, 0.15) is 0 Å². The Morgan fingerprint density at radius 2 is 2.12 bits per heavy atom. The van der Waals surface area contributed by atoms with Crippen LogP contribution in [-0.2, 0) is 9.47 Å². The summed E-state index contributed by atoms with van der Waals surface area (Å²) in [6.07, 6.45) is 0.914. The molecule has 0 aliphatic heterocycles. The zero-order chi connectivity index (χ0) is 11.8. The molecular weight excluding hydrogens is 202 g/mol. The van der Waals surface area contributed by atoms with Gasteiger partial charge in [0.25, 0.3) is 0 Å². The van der Waals surface area contributed by atoms with Crippen molar-refractivity contribution in [3.8, 4) is 0 Å². The lowest BCUT2D eigenvalue weighted by atomic mass is 10.1. The highest BCUT2D eigenvalue weighted by atomic mass is 16.5. The second-order valence-electron chi connectivity index (χ2n) is 3.94. The summed E-state index contributed by atoms with van der Waals surface area (Å²) >= 11 is 0. The molecule has 0 amide bonds. The molecule has 0 aliphatic rings. The summed E-state index contributed by atoms with van der Waals surface area (Å²) in [6, 6.07) is 8.19. The van der Waals surface area contributed by atoms with Crippen molar-refractivity contribution in [1.29, 1.82) is 0 Å². The van der Waals surface area contributed by atoms with Gasteiger partial charge in [-0.2, -0.15) is 0 Å². The molecule has 0 saturated carbocycles. The standard InChI is InChI=1S/C13H21NO2/c1-11-5-3-6-12(9-11)13(14)10-16-8-4-7-15-2/h3,5-6,9,13H,4,7-8,10,14H2,1-2H3. The third-order valence-electron chi connectivity index (χ3n) is 2.40. The van der Waals surface area contributed by atoms with Gasteiger partial charge < -0.3 is 15.2 Å². The van der Waals surface area contributed by atoms with E-state index in [0.717, 1.165) is 18.6 Å². The Morgan fingerprint density at radius 1 is 1.31 bits per heavy atom. The Kier molecular flexibility index (Phi) is 6.08. The van der Waals surface area contributed by atoms with Crippen molar-refractivity contribution in [3.63, 3.8) is 0 Å². The van der Waals surface area contributed by atoms with Gasteiger partial charge in [0, 0.05) is 20.3 Å². The van der Waals surface area contributed by atoms with Crippen LogP contribution in [0.5, 0.6) is 0 Å². The Balaban J connectivity index is 2.27. The molecule has 90 valence electrons.